The topological polar surface area (TPSA) is 78.9 Å². The van der Waals surface area contributed by atoms with E-state index >= 15 is 0 Å². The van der Waals surface area contributed by atoms with Gasteiger partial charge in [0.2, 0.25) is 0 Å². The number of carboxylic acid groups (broad SMARTS) is 1. The summed E-state index contributed by atoms with van der Waals surface area (Å²) in [4.78, 5) is 24.7. The van der Waals surface area contributed by atoms with Crippen molar-refractivity contribution < 1.29 is 24.2 Å². The molecule has 0 aliphatic carbocycles. The van der Waals surface area contributed by atoms with Crippen molar-refractivity contribution >= 4 is 46.3 Å². The molecule has 1 heterocycles. The zero-order valence-corrected chi connectivity index (χ0v) is 14.3. The SMILES string of the molecule is COc1ccc(/C=C2/SC(=S)N([C@@H](C)C(=O)[O-])C2=O)c(OC)c1. The van der Waals surface area contributed by atoms with Gasteiger partial charge in [-0.15, -0.1) is 0 Å². The van der Waals surface area contributed by atoms with Gasteiger partial charge in [0.15, 0.2) is 0 Å². The molecule has 0 unspecified atom stereocenters. The van der Waals surface area contributed by atoms with Crippen LogP contribution in [0.3, 0.4) is 0 Å². The zero-order valence-electron chi connectivity index (χ0n) is 12.7. The summed E-state index contributed by atoms with van der Waals surface area (Å²) in [5, 5.41) is 11.0. The van der Waals surface area contributed by atoms with Crippen LogP contribution >= 0.6 is 24.0 Å². The van der Waals surface area contributed by atoms with E-state index in [1.54, 1.807) is 31.4 Å². The molecule has 1 aromatic rings. The molecule has 1 aliphatic heterocycles. The van der Waals surface area contributed by atoms with Crippen LogP contribution in [-0.2, 0) is 9.59 Å². The number of ether oxygens (including phenoxy) is 2. The molecule has 1 aliphatic rings. The van der Waals surface area contributed by atoms with Gasteiger partial charge in [0.1, 0.15) is 15.8 Å². The highest BCUT2D eigenvalue weighted by Gasteiger charge is 2.35. The summed E-state index contributed by atoms with van der Waals surface area (Å²) >= 11 is 6.13. The lowest BCUT2D eigenvalue weighted by Gasteiger charge is -2.23. The highest BCUT2D eigenvalue weighted by atomic mass is 32.2. The minimum Gasteiger partial charge on any atom is -0.548 e. The molecular formula is C15H14NO5S2-. The molecule has 122 valence electrons. The molecule has 2 rings (SSSR count). The minimum absolute atomic E-state index is 0.186. The van der Waals surface area contributed by atoms with Gasteiger partial charge in [-0.25, -0.2) is 0 Å². The largest absolute Gasteiger partial charge is 0.548 e. The molecule has 1 aromatic carbocycles. The molecular weight excluding hydrogens is 338 g/mol. The molecule has 0 saturated carbocycles. The molecule has 0 bridgehead atoms. The number of carboxylic acids is 1. The Labute approximate surface area is 143 Å². The lowest BCUT2D eigenvalue weighted by atomic mass is 10.1. The standard InChI is InChI=1S/C15H15NO5S2/c1-8(14(18)19)16-13(17)12(23-15(16)22)6-9-4-5-10(20-2)7-11(9)21-3/h4-8H,1-3H3,(H,18,19)/p-1/b12-6+/t8-/m0/s1. The van der Waals surface area contributed by atoms with Gasteiger partial charge in [-0.1, -0.05) is 24.0 Å². The molecule has 0 aromatic heterocycles. The van der Waals surface area contributed by atoms with Crippen LogP contribution in [0.25, 0.3) is 6.08 Å². The lowest BCUT2D eigenvalue weighted by molar-refractivity contribution is -0.309. The number of hydrogen-bond acceptors (Lipinski definition) is 7. The highest BCUT2D eigenvalue weighted by Crippen LogP contribution is 2.36. The maximum absolute atomic E-state index is 12.4. The van der Waals surface area contributed by atoms with Crippen LogP contribution in [0.1, 0.15) is 12.5 Å². The molecule has 1 saturated heterocycles. The molecule has 1 amide bonds. The van der Waals surface area contributed by atoms with Crippen molar-refractivity contribution in [2.45, 2.75) is 13.0 Å². The van der Waals surface area contributed by atoms with Gasteiger partial charge in [0.05, 0.1) is 31.1 Å². The minimum atomic E-state index is -1.36. The van der Waals surface area contributed by atoms with E-state index < -0.39 is 17.9 Å². The number of amides is 1. The number of carbonyl (C=O) groups excluding carboxylic acids is 2. The van der Waals surface area contributed by atoms with Crippen molar-refractivity contribution in [2.75, 3.05) is 14.2 Å². The second-order valence-corrected chi connectivity index (χ2v) is 6.33. The fourth-order valence-corrected chi connectivity index (χ4v) is 3.41. The van der Waals surface area contributed by atoms with E-state index in [0.717, 1.165) is 16.7 Å². The molecule has 0 spiro atoms. The third-order valence-corrected chi connectivity index (χ3v) is 4.61. The van der Waals surface area contributed by atoms with Crippen molar-refractivity contribution in [3.05, 3.63) is 28.7 Å². The number of thioether (sulfide) groups is 1. The van der Waals surface area contributed by atoms with E-state index in [4.69, 9.17) is 21.7 Å². The van der Waals surface area contributed by atoms with Gasteiger partial charge in [-0.3, -0.25) is 9.69 Å². The first kappa shape index (κ1) is 17.3. The Morgan fingerprint density at radius 1 is 1.39 bits per heavy atom. The quantitative estimate of drug-likeness (QED) is 0.579. The Hall–Kier alpha value is -2.06. The summed E-state index contributed by atoms with van der Waals surface area (Å²) in [5.74, 6) is -0.668. The van der Waals surface area contributed by atoms with Gasteiger partial charge in [0.25, 0.3) is 5.91 Å². The van der Waals surface area contributed by atoms with E-state index in [9.17, 15) is 14.7 Å². The molecule has 1 fully saturated rings. The summed E-state index contributed by atoms with van der Waals surface area (Å²) in [5.41, 5.74) is 0.662. The van der Waals surface area contributed by atoms with Crippen molar-refractivity contribution in [3.8, 4) is 11.5 Å². The van der Waals surface area contributed by atoms with Crippen molar-refractivity contribution in [1.82, 2.24) is 4.90 Å². The molecule has 1 atom stereocenters. The van der Waals surface area contributed by atoms with Crippen LogP contribution in [0.5, 0.6) is 11.5 Å². The van der Waals surface area contributed by atoms with Crippen LogP contribution in [0.4, 0.5) is 0 Å². The normalized spacial score (nSPS) is 17.5. The average molecular weight is 352 g/mol. The van der Waals surface area contributed by atoms with Crippen LogP contribution < -0.4 is 14.6 Å². The zero-order chi connectivity index (χ0) is 17.1. The van der Waals surface area contributed by atoms with E-state index in [2.05, 4.69) is 0 Å². The first-order chi connectivity index (χ1) is 10.9. The van der Waals surface area contributed by atoms with Gasteiger partial charge in [0, 0.05) is 11.6 Å². The number of carbonyl (C=O) groups is 2. The first-order valence-corrected chi connectivity index (χ1v) is 7.81. The van der Waals surface area contributed by atoms with E-state index in [-0.39, 0.29) is 4.32 Å². The Morgan fingerprint density at radius 3 is 2.65 bits per heavy atom. The third-order valence-electron chi connectivity index (χ3n) is 3.28. The lowest BCUT2D eigenvalue weighted by Crippen LogP contribution is -2.48. The van der Waals surface area contributed by atoms with E-state index in [1.165, 1.54) is 14.0 Å². The number of thiocarbonyl (C=S) groups is 1. The highest BCUT2D eigenvalue weighted by molar-refractivity contribution is 8.26. The van der Waals surface area contributed by atoms with Gasteiger partial charge < -0.3 is 19.4 Å². The van der Waals surface area contributed by atoms with Gasteiger partial charge >= 0.3 is 0 Å². The van der Waals surface area contributed by atoms with Crippen molar-refractivity contribution in [1.29, 1.82) is 0 Å². The van der Waals surface area contributed by atoms with Crippen molar-refractivity contribution in [2.24, 2.45) is 0 Å². The Kier molecular flexibility index (Phi) is 5.27. The molecule has 23 heavy (non-hydrogen) atoms. The summed E-state index contributed by atoms with van der Waals surface area (Å²) in [6.07, 6.45) is 1.61. The number of rotatable bonds is 5. The second kappa shape index (κ2) is 7.01. The number of benzene rings is 1. The maximum Gasteiger partial charge on any atom is 0.266 e. The number of hydrogen-bond donors (Lipinski definition) is 0. The Morgan fingerprint density at radius 2 is 2.09 bits per heavy atom. The first-order valence-electron chi connectivity index (χ1n) is 6.59. The van der Waals surface area contributed by atoms with Crippen LogP contribution in [0.15, 0.2) is 23.1 Å². The molecule has 6 nitrogen and oxygen atoms in total. The summed E-state index contributed by atoms with van der Waals surface area (Å²) in [6.45, 7) is 1.36. The summed E-state index contributed by atoms with van der Waals surface area (Å²) in [7, 11) is 3.05. The predicted molar refractivity (Wildman–Crippen MR) is 89.0 cm³/mol. The Balaban J connectivity index is 2.36. The summed E-state index contributed by atoms with van der Waals surface area (Å²) < 4.78 is 10.6. The van der Waals surface area contributed by atoms with Gasteiger partial charge in [-0.05, 0) is 25.1 Å². The predicted octanol–water partition coefficient (Wildman–Crippen LogP) is 1.04. The van der Waals surface area contributed by atoms with E-state index in [0.29, 0.717) is 22.0 Å². The molecule has 0 N–H and O–H groups in total. The average Bonchev–Trinajstić information content (AvgIpc) is 2.80. The third kappa shape index (κ3) is 3.48. The van der Waals surface area contributed by atoms with Crippen LogP contribution in [-0.4, -0.2) is 41.4 Å². The maximum atomic E-state index is 12.4. The number of methoxy groups -OCH3 is 2. The van der Waals surface area contributed by atoms with Crippen LogP contribution in [0.2, 0.25) is 0 Å². The smallest absolute Gasteiger partial charge is 0.266 e. The monoisotopic (exact) mass is 352 g/mol. The van der Waals surface area contributed by atoms with E-state index in [1.807, 2.05) is 0 Å². The molecule has 8 heteroatoms. The van der Waals surface area contributed by atoms with Crippen LogP contribution in [0, 0.1) is 0 Å². The fraction of sp³-hybridized carbons (Fsp3) is 0.267. The fourth-order valence-electron chi connectivity index (χ4n) is 2.00. The van der Waals surface area contributed by atoms with Crippen molar-refractivity contribution in [3.63, 3.8) is 0 Å². The number of nitrogens with zero attached hydrogens (tertiary/aromatic N) is 1. The van der Waals surface area contributed by atoms with Gasteiger partial charge in [-0.2, -0.15) is 0 Å². The Bertz CT molecular complexity index is 701. The summed E-state index contributed by atoms with van der Waals surface area (Å²) in [6, 6.07) is 4.05. The number of aliphatic carboxylic acids is 1. The molecule has 0 radical (unpaired) electrons. The second-order valence-electron chi connectivity index (χ2n) is 4.65.